The van der Waals surface area contributed by atoms with E-state index in [1.807, 2.05) is 12.1 Å². The molecule has 0 fully saturated rings. The van der Waals surface area contributed by atoms with Crippen molar-refractivity contribution in [3.8, 4) is 5.75 Å². The highest BCUT2D eigenvalue weighted by molar-refractivity contribution is 5.94. The summed E-state index contributed by atoms with van der Waals surface area (Å²) in [5.74, 6) is 0.0177. The van der Waals surface area contributed by atoms with Gasteiger partial charge in [-0.3, -0.25) is 4.79 Å². The molecule has 0 saturated carbocycles. The molecule has 26 heavy (non-hydrogen) atoms. The quantitative estimate of drug-likeness (QED) is 0.831. The third-order valence-corrected chi connectivity index (χ3v) is 4.52. The van der Waals surface area contributed by atoms with Crippen LogP contribution in [0.2, 0.25) is 0 Å². The lowest BCUT2D eigenvalue weighted by Gasteiger charge is -2.22. The van der Waals surface area contributed by atoms with E-state index in [1.54, 1.807) is 6.07 Å². The van der Waals surface area contributed by atoms with Gasteiger partial charge in [-0.1, -0.05) is 24.3 Å². The zero-order chi connectivity index (χ0) is 18.7. The number of alkyl halides is 3. The van der Waals surface area contributed by atoms with Crippen LogP contribution in [0.1, 0.15) is 36.5 Å². The number of anilines is 1. The van der Waals surface area contributed by atoms with Crippen LogP contribution in [0.3, 0.4) is 0 Å². The van der Waals surface area contributed by atoms with Crippen LogP contribution in [-0.2, 0) is 23.8 Å². The molecule has 3 rings (SSSR count). The molecule has 1 amide bonds. The maximum atomic E-state index is 13.1. The van der Waals surface area contributed by atoms with Crippen LogP contribution in [-0.4, -0.2) is 12.0 Å². The molecule has 0 aromatic heterocycles. The van der Waals surface area contributed by atoms with E-state index in [4.69, 9.17) is 4.74 Å². The summed E-state index contributed by atoms with van der Waals surface area (Å²) in [5.41, 5.74) is 1.16. The Bertz CT molecular complexity index is 802. The number of nitrogens with one attached hydrogen (secondary N) is 1. The van der Waals surface area contributed by atoms with Gasteiger partial charge < -0.3 is 10.1 Å². The number of carbonyl (C=O) groups is 1. The third-order valence-electron chi connectivity index (χ3n) is 4.52. The first-order valence-electron chi connectivity index (χ1n) is 8.61. The van der Waals surface area contributed by atoms with Gasteiger partial charge in [0.05, 0.1) is 11.3 Å². The average Bonchev–Trinajstić information content (AvgIpc) is 2.61. The van der Waals surface area contributed by atoms with E-state index in [9.17, 15) is 18.0 Å². The van der Waals surface area contributed by atoms with Crippen LogP contribution in [0.4, 0.5) is 18.9 Å². The molecule has 0 radical (unpaired) electrons. The Morgan fingerprint density at radius 3 is 2.58 bits per heavy atom. The molecule has 0 saturated heterocycles. The van der Waals surface area contributed by atoms with Crippen molar-refractivity contribution in [2.45, 2.75) is 44.9 Å². The van der Waals surface area contributed by atoms with Crippen LogP contribution in [0, 0.1) is 0 Å². The molecular formula is C20H20F3NO2. The zero-order valence-electron chi connectivity index (χ0n) is 14.4. The molecule has 1 atom stereocenters. The van der Waals surface area contributed by atoms with E-state index in [1.165, 1.54) is 30.7 Å². The van der Waals surface area contributed by atoms with E-state index in [2.05, 4.69) is 5.32 Å². The predicted octanol–water partition coefficient (Wildman–Crippen LogP) is 4.99. The van der Waals surface area contributed by atoms with Crippen molar-refractivity contribution in [2.24, 2.45) is 0 Å². The van der Waals surface area contributed by atoms with Crippen LogP contribution < -0.4 is 10.1 Å². The lowest BCUT2D eigenvalue weighted by Crippen LogP contribution is -2.31. The number of ether oxygens (including phenoxy) is 1. The minimum Gasteiger partial charge on any atom is -0.481 e. The van der Waals surface area contributed by atoms with Gasteiger partial charge in [0.2, 0.25) is 0 Å². The topological polar surface area (TPSA) is 38.3 Å². The van der Waals surface area contributed by atoms with Crippen LogP contribution in [0.15, 0.2) is 42.5 Å². The summed E-state index contributed by atoms with van der Waals surface area (Å²) >= 11 is 0. The summed E-state index contributed by atoms with van der Waals surface area (Å²) < 4.78 is 44.9. The fraction of sp³-hybridized carbons (Fsp3) is 0.350. The molecule has 6 heteroatoms. The number of hydrogen-bond acceptors (Lipinski definition) is 2. The lowest BCUT2D eigenvalue weighted by atomic mass is 9.91. The molecule has 2 aromatic rings. The van der Waals surface area contributed by atoms with Gasteiger partial charge in [-0.05, 0) is 61.9 Å². The molecule has 1 N–H and O–H groups in total. The highest BCUT2D eigenvalue weighted by Crippen LogP contribution is 2.35. The van der Waals surface area contributed by atoms with Crippen LogP contribution in [0.25, 0.3) is 0 Å². The van der Waals surface area contributed by atoms with Gasteiger partial charge in [0.15, 0.2) is 6.10 Å². The van der Waals surface area contributed by atoms with Gasteiger partial charge in [-0.15, -0.1) is 0 Å². The normalized spacial score (nSPS) is 15.1. The number of carbonyl (C=O) groups excluding carboxylic acids is 1. The second-order valence-electron chi connectivity index (χ2n) is 6.39. The molecule has 3 nitrogen and oxygen atoms in total. The first-order chi connectivity index (χ1) is 12.4. The number of benzene rings is 2. The minimum atomic E-state index is -4.54. The van der Waals surface area contributed by atoms with E-state index in [-0.39, 0.29) is 5.69 Å². The van der Waals surface area contributed by atoms with E-state index < -0.39 is 23.8 Å². The van der Waals surface area contributed by atoms with E-state index >= 15 is 0 Å². The van der Waals surface area contributed by atoms with Gasteiger partial charge in [0.25, 0.3) is 5.91 Å². The summed E-state index contributed by atoms with van der Waals surface area (Å²) in [7, 11) is 0. The highest BCUT2D eigenvalue weighted by atomic mass is 19.4. The van der Waals surface area contributed by atoms with Crippen molar-refractivity contribution in [1.29, 1.82) is 0 Å². The Balaban J connectivity index is 1.74. The van der Waals surface area contributed by atoms with Crippen molar-refractivity contribution < 1.29 is 22.7 Å². The zero-order valence-corrected chi connectivity index (χ0v) is 14.4. The Hall–Kier alpha value is -2.50. The number of fused-ring (bicyclic) bond motifs is 1. The highest BCUT2D eigenvalue weighted by Gasteiger charge is 2.34. The van der Waals surface area contributed by atoms with Gasteiger partial charge in [0, 0.05) is 0 Å². The number of amides is 1. The Kier molecular flexibility index (Phi) is 5.20. The number of rotatable bonds is 4. The largest absolute Gasteiger partial charge is 0.481 e. The van der Waals surface area contributed by atoms with Crippen LogP contribution >= 0.6 is 0 Å². The monoisotopic (exact) mass is 363 g/mol. The lowest BCUT2D eigenvalue weighted by molar-refractivity contribution is -0.137. The van der Waals surface area contributed by atoms with Gasteiger partial charge >= 0.3 is 6.18 Å². The molecule has 0 bridgehead atoms. The summed E-state index contributed by atoms with van der Waals surface area (Å²) in [4.78, 5) is 12.4. The van der Waals surface area contributed by atoms with E-state index in [0.717, 1.165) is 37.3 Å². The summed E-state index contributed by atoms with van der Waals surface area (Å²) in [5, 5.41) is 2.33. The number of hydrogen-bond donors (Lipinski definition) is 1. The van der Waals surface area contributed by atoms with Crippen molar-refractivity contribution in [2.75, 3.05) is 5.32 Å². The second-order valence-corrected chi connectivity index (χ2v) is 6.39. The molecule has 2 aromatic carbocycles. The molecule has 0 aliphatic heterocycles. The Morgan fingerprint density at radius 2 is 1.81 bits per heavy atom. The van der Waals surface area contributed by atoms with Crippen molar-refractivity contribution in [1.82, 2.24) is 0 Å². The minimum absolute atomic E-state index is 0.268. The molecular weight excluding hydrogens is 343 g/mol. The van der Waals surface area contributed by atoms with E-state index in [0.29, 0.717) is 5.75 Å². The van der Waals surface area contributed by atoms with Crippen molar-refractivity contribution in [3.63, 3.8) is 0 Å². The average molecular weight is 363 g/mol. The van der Waals surface area contributed by atoms with Crippen molar-refractivity contribution in [3.05, 3.63) is 59.2 Å². The second kappa shape index (κ2) is 7.40. The molecule has 0 spiro atoms. The number of para-hydroxylation sites is 1. The summed E-state index contributed by atoms with van der Waals surface area (Å²) in [6.07, 6.45) is -1.40. The number of halogens is 3. The fourth-order valence-electron chi connectivity index (χ4n) is 3.17. The molecule has 0 heterocycles. The van der Waals surface area contributed by atoms with Gasteiger partial charge in [0.1, 0.15) is 5.75 Å². The Morgan fingerprint density at radius 1 is 1.08 bits per heavy atom. The molecule has 1 aliphatic rings. The van der Waals surface area contributed by atoms with Crippen molar-refractivity contribution >= 4 is 11.6 Å². The van der Waals surface area contributed by atoms with Gasteiger partial charge in [-0.25, -0.2) is 0 Å². The van der Waals surface area contributed by atoms with Gasteiger partial charge in [-0.2, -0.15) is 13.2 Å². The fourth-order valence-corrected chi connectivity index (χ4v) is 3.17. The molecule has 0 unspecified atom stereocenters. The summed E-state index contributed by atoms with van der Waals surface area (Å²) in [6, 6.07) is 10.6. The van der Waals surface area contributed by atoms with Crippen LogP contribution in [0.5, 0.6) is 5.75 Å². The third kappa shape index (κ3) is 4.00. The SMILES string of the molecule is C[C@H](Oc1cccc2c1CCCC2)C(=O)Nc1ccccc1C(F)(F)F. The number of aryl methyl sites for hydroxylation is 1. The first kappa shape index (κ1) is 18.3. The predicted molar refractivity (Wildman–Crippen MR) is 93.2 cm³/mol. The maximum Gasteiger partial charge on any atom is 0.418 e. The first-order valence-corrected chi connectivity index (χ1v) is 8.61. The maximum absolute atomic E-state index is 13.1. The molecule has 1 aliphatic carbocycles. The summed E-state index contributed by atoms with van der Waals surface area (Å²) in [6.45, 7) is 1.54. The smallest absolute Gasteiger partial charge is 0.418 e. The standard InChI is InChI=1S/C20H20F3NO2/c1-13(26-18-12-6-8-14-7-2-3-9-15(14)18)19(25)24-17-11-5-4-10-16(17)20(21,22)23/h4-6,8,10-13H,2-3,7,9H2,1H3,(H,24,25)/t13-/m0/s1. The molecule has 138 valence electrons. The Labute approximate surface area is 150 Å².